The second-order valence-electron chi connectivity index (χ2n) is 8.21. The van der Waals surface area contributed by atoms with E-state index in [1.807, 2.05) is 40.8 Å². The first-order valence-electron chi connectivity index (χ1n) is 10.5. The molecule has 2 saturated heterocycles. The zero-order chi connectivity index (χ0) is 24.5. The average Bonchev–Trinajstić information content (AvgIpc) is 3.17. The van der Waals surface area contributed by atoms with Crippen LogP contribution in [0.4, 0.5) is 11.6 Å². The molecule has 14 heteroatoms. The maximum absolute atomic E-state index is 12.9. The maximum Gasteiger partial charge on any atom is 0.302 e. The summed E-state index contributed by atoms with van der Waals surface area (Å²) >= 11 is 8.02. The molecule has 4 rings (SSSR count). The molecule has 34 heavy (non-hydrogen) atoms. The van der Waals surface area contributed by atoms with Crippen molar-refractivity contribution in [1.82, 2.24) is 24.9 Å². The van der Waals surface area contributed by atoms with E-state index in [-0.39, 0.29) is 28.6 Å². The standard InChI is InChI=1S/C20H24ClIN8O3S/c21-13-4-2-1-3-12(13)5-10-34(32,33)30-8-6-20(7-9-30)11-25-19(29-20)28-18(31)14-16(23)27-17(24)15(22)26-14/h1-4H,5-11H2,(H4,23,24,27)(H2,25,28,29,31). The number of sulfonamides is 1. The molecule has 2 fully saturated rings. The van der Waals surface area contributed by atoms with Gasteiger partial charge in [-0.3, -0.25) is 4.79 Å². The fourth-order valence-electron chi connectivity index (χ4n) is 3.98. The highest BCUT2D eigenvalue weighted by Gasteiger charge is 2.42. The summed E-state index contributed by atoms with van der Waals surface area (Å²) in [5, 5.41) is 6.91. The SMILES string of the molecule is Nc1nc(N)c(C(=O)/N=C2\NCC3(CCN(S(=O)(=O)CCc4ccccc4Cl)CC3)N2)nc1I. The number of hydrogen-bond donors (Lipinski definition) is 4. The Balaban J connectivity index is 1.36. The smallest absolute Gasteiger partial charge is 0.302 e. The second kappa shape index (κ2) is 9.79. The van der Waals surface area contributed by atoms with Crippen LogP contribution in [0.25, 0.3) is 0 Å². The highest BCUT2D eigenvalue weighted by Crippen LogP contribution is 2.27. The normalized spacial score (nSPS) is 19.2. The lowest BCUT2D eigenvalue weighted by atomic mass is 9.90. The van der Waals surface area contributed by atoms with E-state index in [0.717, 1.165) is 5.56 Å². The van der Waals surface area contributed by atoms with Crippen LogP contribution in [0.2, 0.25) is 5.02 Å². The number of nitrogens with two attached hydrogens (primary N) is 2. The lowest BCUT2D eigenvalue weighted by Gasteiger charge is -2.38. The van der Waals surface area contributed by atoms with Gasteiger partial charge in [-0.15, -0.1) is 0 Å². The fraction of sp³-hybridized carbons (Fsp3) is 0.400. The maximum atomic E-state index is 12.9. The first kappa shape index (κ1) is 24.9. The highest BCUT2D eigenvalue weighted by molar-refractivity contribution is 14.1. The molecule has 0 unspecified atom stereocenters. The molecule has 2 aliphatic heterocycles. The number of nitrogens with zero attached hydrogens (tertiary/aromatic N) is 4. The molecule has 1 spiro atoms. The molecular formula is C20H24ClIN8O3S. The summed E-state index contributed by atoms with van der Waals surface area (Å²) in [5.74, 6) is -0.288. The molecule has 0 saturated carbocycles. The van der Waals surface area contributed by atoms with Crippen molar-refractivity contribution in [3.05, 3.63) is 44.2 Å². The third kappa shape index (κ3) is 5.37. The van der Waals surface area contributed by atoms with Crippen molar-refractivity contribution < 1.29 is 13.2 Å². The lowest BCUT2D eigenvalue weighted by molar-refractivity contribution is 0.0998. The average molecular weight is 619 g/mol. The lowest BCUT2D eigenvalue weighted by Crippen LogP contribution is -2.54. The Morgan fingerprint density at radius 3 is 2.62 bits per heavy atom. The molecule has 0 atom stereocenters. The van der Waals surface area contributed by atoms with Crippen molar-refractivity contribution in [1.29, 1.82) is 0 Å². The fourth-order valence-corrected chi connectivity index (χ4v) is 6.04. The van der Waals surface area contributed by atoms with Crippen molar-refractivity contribution in [2.75, 3.05) is 36.9 Å². The summed E-state index contributed by atoms with van der Waals surface area (Å²) in [5.41, 5.74) is 11.8. The number of halogens is 2. The number of hydrogen-bond acceptors (Lipinski definition) is 7. The van der Waals surface area contributed by atoms with Gasteiger partial charge < -0.3 is 22.1 Å². The summed E-state index contributed by atoms with van der Waals surface area (Å²) in [6, 6.07) is 7.25. The minimum absolute atomic E-state index is 0.000527. The number of anilines is 2. The molecule has 1 amide bonds. The van der Waals surface area contributed by atoms with Gasteiger partial charge in [0.1, 0.15) is 3.70 Å². The van der Waals surface area contributed by atoms with E-state index in [1.54, 1.807) is 6.07 Å². The van der Waals surface area contributed by atoms with Gasteiger partial charge in [-0.2, -0.15) is 4.99 Å². The zero-order valence-electron chi connectivity index (χ0n) is 18.1. The van der Waals surface area contributed by atoms with E-state index in [9.17, 15) is 13.2 Å². The topological polar surface area (TPSA) is 169 Å². The first-order chi connectivity index (χ1) is 16.1. The summed E-state index contributed by atoms with van der Waals surface area (Å²) in [6.45, 7) is 1.26. The largest absolute Gasteiger partial charge is 0.382 e. The molecule has 0 aliphatic carbocycles. The molecule has 1 aromatic heterocycles. The molecule has 1 aromatic carbocycles. The van der Waals surface area contributed by atoms with E-state index < -0.39 is 15.9 Å². The van der Waals surface area contributed by atoms with Gasteiger partial charge in [0.25, 0.3) is 0 Å². The minimum atomic E-state index is -3.42. The number of carbonyl (C=O) groups excluding carboxylic acids is 1. The van der Waals surface area contributed by atoms with Crippen molar-refractivity contribution in [2.24, 2.45) is 4.99 Å². The van der Waals surface area contributed by atoms with E-state index >= 15 is 0 Å². The van der Waals surface area contributed by atoms with Crippen molar-refractivity contribution in [3.63, 3.8) is 0 Å². The van der Waals surface area contributed by atoms with Crippen LogP contribution >= 0.6 is 34.2 Å². The van der Waals surface area contributed by atoms with Crippen LogP contribution in [0.1, 0.15) is 28.9 Å². The van der Waals surface area contributed by atoms with Gasteiger partial charge in [-0.25, -0.2) is 22.7 Å². The van der Waals surface area contributed by atoms with E-state index in [0.29, 0.717) is 53.6 Å². The number of benzene rings is 1. The van der Waals surface area contributed by atoms with Crippen LogP contribution in [0.5, 0.6) is 0 Å². The Kier molecular flexibility index (Phi) is 7.17. The second-order valence-corrected chi connectivity index (χ2v) is 11.7. The van der Waals surface area contributed by atoms with Crippen molar-refractivity contribution in [3.8, 4) is 0 Å². The van der Waals surface area contributed by atoms with Gasteiger partial charge in [0, 0.05) is 24.7 Å². The van der Waals surface area contributed by atoms with E-state index in [2.05, 4.69) is 25.6 Å². The van der Waals surface area contributed by atoms with Crippen molar-refractivity contribution >= 4 is 67.7 Å². The van der Waals surface area contributed by atoms with Crippen LogP contribution in [0, 0.1) is 3.70 Å². The number of amides is 1. The number of carbonyl (C=O) groups is 1. The van der Waals surface area contributed by atoms with Gasteiger partial charge in [0.05, 0.1) is 11.3 Å². The number of piperidine rings is 1. The van der Waals surface area contributed by atoms with Gasteiger partial charge in [0.15, 0.2) is 23.3 Å². The monoisotopic (exact) mass is 618 g/mol. The molecule has 0 bridgehead atoms. The quantitative estimate of drug-likeness (QED) is 0.357. The summed E-state index contributed by atoms with van der Waals surface area (Å²) in [4.78, 5) is 24.6. The Morgan fingerprint density at radius 2 is 1.91 bits per heavy atom. The Bertz CT molecular complexity index is 1250. The number of rotatable bonds is 5. The van der Waals surface area contributed by atoms with Crippen LogP contribution in [-0.4, -0.2) is 65.5 Å². The Labute approximate surface area is 215 Å². The summed E-state index contributed by atoms with van der Waals surface area (Å²) in [7, 11) is -3.42. The molecule has 182 valence electrons. The number of aryl methyl sites for hydroxylation is 1. The van der Waals surface area contributed by atoms with Crippen molar-refractivity contribution in [2.45, 2.75) is 24.8 Å². The van der Waals surface area contributed by atoms with Gasteiger partial charge in [-0.05, 0) is 53.5 Å². The molecule has 6 N–H and O–H groups in total. The molecular weight excluding hydrogens is 595 g/mol. The zero-order valence-corrected chi connectivity index (χ0v) is 21.8. The minimum Gasteiger partial charge on any atom is -0.382 e. The van der Waals surface area contributed by atoms with E-state index in [4.69, 9.17) is 23.1 Å². The molecule has 0 radical (unpaired) electrons. The summed E-state index contributed by atoms with van der Waals surface area (Å²) < 4.78 is 27.6. The van der Waals surface area contributed by atoms with Crippen LogP contribution in [-0.2, 0) is 16.4 Å². The Hall–Kier alpha value is -2.23. The highest BCUT2D eigenvalue weighted by atomic mass is 127. The molecule has 11 nitrogen and oxygen atoms in total. The van der Waals surface area contributed by atoms with Crippen LogP contribution in [0.3, 0.4) is 0 Å². The van der Waals surface area contributed by atoms with Crippen LogP contribution in [0.15, 0.2) is 29.3 Å². The Morgan fingerprint density at radius 1 is 1.21 bits per heavy atom. The van der Waals surface area contributed by atoms with E-state index in [1.165, 1.54) is 4.31 Å². The number of nitrogens with one attached hydrogen (secondary N) is 2. The number of aromatic nitrogens is 2. The van der Waals surface area contributed by atoms with Gasteiger partial charge >= 0.3 is 5.91 Å². The number of nitrogen functional groups attached to an aromatic ring is 2. The predicted octanol–water partition coefficient (Wildman–Crippen LogP) is 0.995. The third-order valence-electron chi connectivity index (χ3n) is 5.96. The molecule has 2 aliphatic rings. The first-order valence-corrected chi connectivity index (χ1v) is 13.6. The number of aliphatic imine (C=N–C) groups is 1. The number of guanidine groups is 1. The van der Waals surface area contributed by atoms with Crippen LogP contribution < -0.4 is 22.1 Å². The molecule has 2 aromatic rings. The van der Waals surface area contributed by atoms with Gasteiger partial charge in [-0.1, -0.05) is 29.8 Å². The predicted molar refractivity (Wildman–Crippen MR) is 139 cm³/mol. The third-order valence-corrected chi connectivity index (χ3v) is 8.99. The summed E-state index contributed by atoms with van der Waals surface area (Å²) in [6.07, 6.45) is 1.50. The van der Waals surface area contributed by atoms with Gasteiger partial charge in [0.2, 0.25) is 10.0 Å². The molecule has 3 heterocycles.